The van der Waals surface area contributed by atoms with Crippen molar-refractivity contribution in [1.29, 1.82) is 0 Å². The molecular formula is C15H13NO2. The van der Waals surface area contributed by atoms with Crippen molar-refractivity contribution in [1.82, 2.24) is 0 Å². The van der Waals surface area contributed by atoms with Gasteiger partial charge in [-0.2, -0.15) is 0 Å². The van der Waals surface area contributed by atoms with Gasteiger partial charge in [0.25, 0.3) is 0 Å². The number of carbonyl (C=O) groups is 1. The van der Waals surface area contributed by atoms with Gasteiger partial charge in [-0.05, 0) is 12.1 Å². The number of rotatable bonds is 4. The van der Waals surface area contributed by atoms with Gasteiger partial charge in [0.2, 0.25) is 0 Å². The number of anilines is 1. The molecule has 90 valence electrons. The van der Waals surface area contributed by atoms with Crippen molar-refractivity contribution in [2.75, 3.05) is 5.06 Å². The Morgan fingerprint density at radius 3 is 2.11 bits per heavy atom. The van der Waals surface area contributed by atoms with Crippen LogP contribution in [0.5, 0.6) is 0 Å². The number of hydrogen-bond acceptors (Lipinski definition) is 3. The van der Waals surface area contributed by atoms with Crippen LogP contribution in [-0.4, -0.2) is 11.0 Å². The third kappa shape index (κ3) is 3.06. The minimum Gasteiger partial charge on any atom is -0.289 e. The maximum absolute atomic E-state index is 11.8. The summed E-state index contributed by atoms with van der Waals surface area (Å²) in [7, 11) is 0. The first-order valence-corrected chi connectivity index (χ1v) is 5.58. The molecule has 0 atom stereocenters. The molecule has 0 aliphatic carbocycles. The lowest BCUT2D eigenvalue weighted by molar-refractivity contribution is 0.104. The number of hydrogen-bond donors (Lipinski definition) is 1. The number of ketones is 1. The van der Waals surface area contributed by atoms with Gasteiger partial charge in [0.1, 0.15) is 0 Å². The molecule has 0 heterocycles. The number of hydroxylamine groups is 1. The van der Waals surface area contributed by atoms with Crippen molar-refractivity contribution in [2.24, 2.45) is 0 Å². The predicted molar refractivity (Wildman–Crippen MR) is 70.6 cm³/mol. The Bertz CT molecular complexity index is 535. The van der Waals surface area contributed by atoms with E-state index in [9.17, 15) is 10.0 Å². The van der Waals surface area contributed by atoms with Crippen LogP contribution in [0.15, 0.2) is 72.9 Å². The van der Waals surface area contributed by atoms with Gasteiger partial charge in [0, 0.05) is 17.8 Å². The second-order valence-electron chi connectivity index (χ2n) is 3.73. The van der Waals surface area contributed by atoms with Crippen molar-refractivity contribution in [3.05, 3.63) is 78.5 Å². The SMILES string of the molecule is O=C(/C=C/N(O)c1ccccc1)c1ccccc1. The van der Waals surface area contributed by atoms with Crippen LogP contribution in [0.25, 0.3) is 0 Å². The molecule has 0 aliphatic rings. The fraction of sp³-hybridized carbons (Fsp3) is 0. The molecule has 1 N–H and O–H groups in total. The molecule has 18 heavy (non-hydrogen) atoms. The molecule has 0 amide bonds. The summed E-state index contributed by atoms with van der Waals surface area (Å²) >= 11 is 0. The van der Waals surface area contributed by atoms with Crippen molar-refractivity contribution in [3.63, 3.8) is 0 Å². The Balaban J connectivity index is 2.06. The fourth-order valence-electron chi connectivity index (χ4n) is 1.50. The largest absolute Gasteiger partial charge is 0.289 e. The first kappa shape index (κ1) is 12.1. The molecule has 2 aromatic rings. The number of carbonyl (C=O) groups excluding carboxylic acids is 1. The van der Waals surface area contributed by atoms with Gasteiger partial charge in [0.15, 0.2) is 5.78 Å². The van der Waals surface area contributed by atoms with E-state index in [2.05, 4.69) is 0 Å². The average Bonchev–Trinajstić information content (AvgIpc) is 2.46. The molecule has 2 aromatic carbocycles. The van der Waals surface area contributed by atoms with E-state index in [4.69, 9.17) is 0 Å². The van der Waals surface area contributed by atoms with Crippen LogP contribution in [0.2, 0.25) is 0 Å². The topological polar surface area (TPSA) is 40.5 Å². The summed E-state index contributed by atoms with van der Waals surface area (Å²) in [6.07, 6.45) is 2.67. The van der Waals surface area contributed by atoms with Gasteiger partial charge < -0.3 is 0 Å². The van der Waals surface area contributed by atoms with Crippen LogP contribution in [-0.2, 0) is 0 Å². The monoisotopic (exact) mass is 239 g/mol. The van der Waals surface area contributed by atoms with E-state index in [1.807, 2.05) is 24.3 Å². The number of para-hydroxylation sites is 1. The second-order valence-corrected chi connectivity index (χ2v) is 3.73. The van der Waals surface area contributed by atoms with E-state index in [0.717, 1.165) is 5.06 Å². The zero-order valence-corrected chi connectivity index (χ0v) is 9.73. The summed E-state index contributed by atoms with van der Waals surface area (Å²) in [5.41, 5.74) is 1.20. The predicted octanol–water partition coefficient (Wildman–Crippen LogP) is 3.28. The molecule has 3 nitrogen and oxygen atoms in total. The summed E-state index contributed by atoms with van der Waals surface area (Å²) in [5.74, 6) is -0.148. The Kier molecular flexibility index (Phi) is 3.89. The van der Waals surface area contributed by atoms with E-state index in [-0.39, 0.29) is 5.78 Å². The molecule has 0 radical (unpaired) electrons. The lowest BCUT2D eigenvalue weighted by Gasteiger charge is -2.10. The molecule has 3 heteroatoms. The molecule has 0 saturated heterocycles. The van der Waals surface area contributed by atoms with Crippen LogP contribution >= 0.6 is 0 Å². The first-order chi connectivity index (χ1) is 8.77. The van der Waals surface area contributed by atoms with Crippen LogP contribution in [0.4, 0.5) is 5.69 Å². The molecule has 0 spiro atoms. The van der Waals surface area contributed by atoms with E-state index < -0.39 is 0 Å². The second kappa shape index (κ2) is 5.80. The van der Waals surface area contributed by atoms with Crippen LogP contribution in [0.1, 0.15) is 10.4 Å². The van der Waals surface area contributed by atoms with Crippen molar-refractivity contribution in [2.45, 2.75) is 0 Å². The average molecular weight is 239 g/mol. The molecule has 0 fully saturated rings. The van der Waals surface area contributed by atoms with Crippen LogP contribution in [0, 0.1) is 0 Å². The van der Waals surface area contributed by atoms with Crippen LogP contribution in [0.3, 0.4) is 0 Å². The number of nitrogens with zero attached hydrogens (tertiary/aromatic N) is 1. The summed E-state index contributed by atoms with van der Waals surface area (Å²) in [6, 6.07) is 17.9. The van der Waals surface area contributed by atoms with E-state index in [0.29, 0.717) is 11.3 Å². The highest BCUT2D eigenvalue weighted by Crippen LogP contribution is 2.11. The fourth-order valence-corrected chi connectivity index (χ4v) is 1.50. The summed E-state index contributed by atoms with van der Waals surface area (Å²) < 4.78 is 0. The molecular weight excluding hydrogens is 226 g/mol. The van der Waals surface area contributed by atoms with Crippen molar-refractivity contribution in [3.8, 4) is 0 Å². The summed E-state index contributed by atoms with van der Waals surface area (Å²) in [6.45, 7) is 0. The van der Waals surface area contributed by atoms with E-state index >= 15 is 0 Å². The molecule has 0 bridgehead atoms. The Morgan fingerprint density at radius 2 is 1.50 bits per heavy atom. The zero-order chi connectivity index (χ0) is 12.8. The standard InChI is InChI=1S/C15H13NO2/c17-15(13-7-3-1-4-8-13)11-12-16(18)14-9-5-2-6-10-14/h1-12,18H/b12-11+. The molecule has 2 rings (SSSR count). The first-order valence-electron chi connectivity index (χ1n) is 5.58. The third-order valence-corrected chi connectivity index (χ3v) is 2.45. The van der Waals surface area contributed by atoms with Gasteiger partial charge in [-0.3, -0.25) is 10.0 Å². The maximum atomic E-state index is 11.8. The zero-order valence-electron chi connectivity index (χ0n) is 9.73. The van der Waals surface area contributed by atoms with Gasteiger partial charge in [-0.1, -0.05) is 48.5 Å². The van der Waals surface area contributed by atoms with E-state index in [1.165, 1.54) is 12.3 Å². The molecule has 0 unspecified atom stereocenters. The quantitative estimate of drug-likeness (QED) is 0.505. The molecule has 0 aromatic heterocycles. The normalized spacial score (nSPS) is 10.5. The summed E-state index contributed by atoms with van der Waals surface area (Å²) in [4.78, 5) is 11.8. The highest BCUT2D eigenvalue weighted by Gasteiger charge is 2.01. The van der Waals surface area contributed by atoms with Gasteiger partial charge in [-0.25, -0.2) is 5.06 Å². The molecule has 0 aliphatic heterocycles. The highest BCUT2D eigenvalue weighted by molar-refractivity contribution is 6.04. The minimum atomic E-state index is -0.148. The minimum absolute atomic E-state index is 0.148. The van der Waals surface area contributed by atoms with Crippen LogP contribution < -0.4 is 5.06 Å². The lowest BCUT2D eigenvalue weighted by Crippen LogP contribution is -2.09. The lowest BCUT2D eigenvalue weighted by atomic mass is 10.1. The van der Waals surface area contributed by atoms with Gasteiger partial charge >= 0.3 is 0 Å². The Hall–Kier alpha value is -2.39. The van der Waals surface area contributed by atoms with E-state index in [1.54, 1.807) is 36.4 Å². The smallest absolute Gasteiger partial charge is 0.187 e. The highest BCUT2D eigenvalue weighted by atomic mass is 16.5. The maximum Gasteiger partial charge on any atom is 0.187 e. The Labute approximate surface area is 106 Å². The third-order valence-electron chi connectivity index (χ3n) is 2.45. The Morgan fingerprint density at radius 1 is 0.944 bits per heavy atom. The van der Waals surface area contributed by atoms with Gasteiger partial charge in [0.05, 0.1) is 5.69 Å². The molecule has 0 saturated carbocycles. The number of allylic oxidation sites excluding steroid dienone is 1. The van der Waals surface area contributed by atoms with Crippen molar-refractivity contribution < 1.29 is 10.0 Å². The summed E-state index contributed by atoms with van der Waals surface area (Å²) in [5, 5.41) is 10.6. The number of benzene rings is 2. The van der Waals surface area contributed by atoms with Gasteiger partial charge in [-0.15, -0.1) is 0 Å². The van der Waals surface area contributed by atoms with Crippen molar-refractivity contribution >= 4 is 11.5 Å².